The number of aryl methyl sites for hydroxylation is 1. The van der Waals surface area contributed by atoms with E-state index in [1.807, 2.05) is 25.1 Å². The van der Waals surface area contributed by atoms with Gasteiger partial charge in [-0.1, -0.05) is 51.1 Å². The first-order valence-electron chi connectivity index (χ1n) is 24.0. The molecular formula is C49H80N2O15. The number of carbonyl (C=O) groups excluding carboxylic acids is 4. The van der Waals surface area contributed by atoms with Gasteiger partial charge >= 0.3 is 17.9 Å². The second kappa shape index (κ2) is 26.6. The van der Waals surface area contributed by atoms with Crippen LogP contribution in [0, 0.1) is 11.8 Å². The lowest BCUT2D eigenvalue weighted by atomic mass is 9.82. The van der Waals surface area contributed by atoms with E-state index in [1.165, 1.54) is 12.7 Å². The number of ether oxygens (including phenoxy) is 8. The number of likely N-dealkylation sites (N-methyl/N-ethyl adjacent to an activating group) is 1. The van der Waals surface area contributed by atoms with Crippen LogP contribution in [0.5, 0.6) is 0 Å². The molecule has 17 heteroatoms. The minimum absolute atomic E-state index is 0.00339. The molecule has 0 aliphatic carbocycles. The molecule has 3 fully saturated rings. The maximum absolute atomic E-state index is 13.7. The van der Waals surface area contributed by atoms with Gasteiger partial charge < -0.3 is 67.8 Å². The van der Waals surface area contributed by atoms with Crippen LogP contribution in [0.4, 0.5) is 0 Å². The summed E-state index contributed by atoms with van der Waals surface area (Å²) in [5, 5.41) is 35.5. The van der Waals surface area contributed by atoms with E-state index < -0.39 is 109 Å². The number of aliphatic hydroxyl groups is 3. The number of unbranched alkanes of at least 4 members (excludes halogenated alkanes) is 1. The van der Waals surface area contributed by atoms with Crippen molar-refractivity contribution < 1.29 is 72.4 Å². The highest BCUT2D eigenvalue weighted by atomic mass is 16.7. The molecule has 66 heavy (non-hydrogen) atoms. The fraction of sp³-hybridized carbons (Fsp3) is 0.796. The maximum atomic E-state index is 13.7. The highest BCUT2D eigenvalue weighted by Crippen LogP contribution is 2.38. The van der Waals surface area contributed by atoms with Gasteiger partial charge in [0.05, 0.1) is 36.9 Å². The lowest BCUT2D eigenvalue weighted by Crippen LogP contribution is -2.66. The molecule has 4 rings (SSSR count). The van der Waals surface area contributed by atoms with Crippen molar-refractivity contribution >= 4 is 24.2 Å². The number of benzene rings is 1. The summed E-state index contributed by atoms with van der Waals surface area (Å²) in [6.07, 6.45) is -7.89. The Kier molecular flexibility index (Phi) is 22.4. The molecule has 0 spiro atoms. The minimum Gasteiger partial charge on any atom is -0.463 e. The topological polar surface area (TPSA) is 209 Å². The minimum atomic E-state index is -1.49. The first kappa shape index (κ1) is 55.5. The van der Waals surface area contributed by atoms with Gasteiger partial charge in [-0.3, -0.25) is 14.4 Å². The third-order valence-electron chi connectivity index (χ3n) is 13.3. The van der Waals surface area contributed by atoms with E-state index in [0.29, 0.717) is 26.1 Å². The summed E-state index contributed by atoms with van der Waals surface area (Å²) in [4.78, 5) is 55.4. The number of cyclic esters (lactones) is 1. The molecule has 16 atom stereocenters. The Bertz CT molecular complexity index is 1630. The van der Waals surface area contributed by atoms with Gasteiger partial charge in [0.1, 0.15) is 42.4 Å². The van der Waals surface area contributed by atoms with Crippen molar-refractivity contribution in [1.82, 2.24) is 9.80 Å². The summed E-state index contributed by atoms with van der Waals surface area (Å²) >= 11 is 0. The standard InChI is InChI=1S/C49H80N2O15/c1-11-38(54)63-37-27-40(56)60-31(4)21-24-51(23-17-16-20-34-18-14-13-15-19-34)29-36(53)30(3)26-35(22-25-52)45(46(37)59-10)66-48-43(57)42(50(8)9)44(32(5)62-48)65-41-28-49(7,58)47(33(6)61-41)64-39(55)12-2/h13-15,18-19,25,30-33,35-37,41-48,53,57-58H,11-12,16-17,20-24,26-29H2,1-10H3/t30-,31-,32?,33?,35+,36+,37-,41?,42?,43?,44?,45+,46?,47?,48?,49?/m1/s1. The third kappa shape index (κ3) is 16.0. The van der Waals surface area contributed by atoms with Gasteiger partial charge in [0.2, 0.25) is 0 Å². The first-order valence-corrected chi connectivity index (χ1v) is 24.0. The Morgan fingerprint density at radius 1 is 0.939 bits per heavy atom. The van der Waals surface area contributed by atoms with Crippen LogP contribution >= 0.6 is 0 Å². The highest BCUT2D eigenvalue weighted by Gasteiger charge is 2.53. The zero-order valence-corrected chi connectivity index (χ0v) is 41.0. The number of nitrogens with zero attached hydrogens (tertiary/aromatic N) is 2. The smallest absolute Gasteiger partial charge is 0.309 e. The molecule has 10 unspecified atom stereocenters. The molecule has 0 amide bonds. The van der Waals surface area contributed by atoms with E-state index >= 15 is 0 Å². The van der Waals surface area contributed by atoms with Crippen molar-refractivity contribution in [3.63, 3.8) is 0 Å². The van der Waals surface area contributed by atoms with Crippen LogP contribution < -0.4 is 0 Å². The number of rotatable bonds is 17. The largest absolute Gasteiger partial charge is 0.463 e. The number of hydrogen-bond donors (Lipinski definition) is 3. The lowest BCUT2D eigenvalue weighted by molar-refractivity contribution is -0.344. The van der Waals surface area contributed by atoms with Gasteiger partial charge in [-0.15, -0.1) is 0 Å². The van der Waals surface area contributed by atoms with Gasteiger partial charge in [0.25, 0.3) is 0 Å². The predicted molar refractivity (Wildman–Crippen MR) is 243 cm³/mol. The molecule has 17 nitrogen and oxygen atoms in total. The zero-order valence-electron chi connectivity index (χ0n) is 41.0. The Labute approximate surface area is 392 Å². The Morgan fingerprint density at radius 3 is 2.24 bits per heavy atom. The quantitative estimate of drug-likeness (QED) is 0.0874. The maximum Gasteiger partial charge on any atom is 0.309 e. The molecule has 3 N–H and O–H groups in total. The van der Waals surface area contributed by atoms with Crippen molar-refractivity contribution in [1.29, 1.82) is 0 Å². The second-order valence-electron chi connectivity index (χ2n) is 19.0. The monoisotopic (exact) mass is 937 g/mol. The van der Waals surface area contributed by atoms with E-state index in [0.717, 1.165) is 25.5 Å². The van der Waals surface area contributed by atoms with Crippen LogP contribution in [0.1, 0.15) is 112 Å². The van der Waals surface area contributed by atoms with E-state index in [2.05, 4.69) is 17.0 Å². The molecule has 1 aromatic rings. The van der Waals surface area contributed by atoms with Crippen molar-refractivity contribution in [2.24, 2.45) is 11.8 Å². The molecule has 3 heterocycles. The molecule has 376 valence electrons. The normalized spacial score (nSPS) is 36.7. The predicted octanol–water partition coefficient (Wildman–Crippen LogP) is 3.98. The summed E-state index contributed by atoms with van der Waals surface area (Å²) in [5.74, 6) is -2.74. The average Bonchev–Trinajstić information content (AvgIpc) is 3.26. The molecular weight excluding hydrogens is 857 g/mol. The third-order valence-corrected chi connectivity index (χ3v) is 13.3. The highest BCUT2D eigenvalue weighted by molar-refractivity contribution is 5.72. The molecule has 1 aromatic carbocycles. The molecule has 0 saturated carbocycles. The van der Waals surface area contributed by atoms with Gasteiger partial charge in [-0.05, 0) is 97.8 Å². The summed E-state index contributed by atoms with van der Waals surface area (Å²) in [5.41, 5.74) is -0.234. The van der Waals surface area contributed by atoms with Gasteiger partial charge in [-0.2, -0.15) is 0 Å². The van der Waals surface area contributed by atoms with Crippen molar-refractivity contribution in [3.8, 4) is 0 Å². The van der Waals surface area contributed by atoms with Crippen molar-refractivity contribution in [3.05, 3.63) is 35.9 Å². The summed E-state index contributed by atoms with van der Waals surface area (Å²) in [6.45, 7) is 13.6. The SMILES string of the molecule is CCC(=O)OC1C(C)OC(OC2C(C)OC(O[C@@H]3C(OC)[C@H](OC(=O)CC)CC(=O)O[C@H](C)CCN(CCCCc4ccccc4)C[C@H](O)[C@H](C)C[C@@H]3CC=O)C(O)C2N(C)C)CC1(C)O. The average molecular weight is 937 g/mol. The van der Waals surface area contributed by atoms with Gasteiger partial charge in [-0.25, -0.2) is 0 Å². The molecule has 0 aromatic heterocycles. The number of methoxy groups -OCH3 is 1. The second-order valence-corrected chi connectivity index (χ2v) is 19.0. The number of aldehydes is 1. The van der Waals surface area contributed by atoms with E-state index in [4.69, 9.17) is 37.9 Å². The number of carbonyl (C=O) groups is 4. The number of hydrogen-bond acceptors (Lipinski definition) is 17. The van der Waals surface area contributed by atoms with Crippen LogP contribution in [0.25, 0.3) is 0 Å². The van der Waals surface area contributed by atoms with Crippen LogP contribution in [-0.4, -0.2) is 175 Å². The Hall–Kier alpha value is -3.10. The fourth-order valence-corrected chi connectivity index (χ4v) is 9.54. The van der Waals surface area contributed by atoms with Gasteiger partial charge in [0.15, 0.2) is 18.7 Å². The Balaban J connectivity index is 1.64. The zero-order chi connectivity index (χ0) is 48.7. The fourth-order valence-electron chi connectivity index (χ4n) is 9.54. The summed E-state index contributed by atoms with van der Waals surface area (Å²) in [6, 6.07) is 9.50. The Morgan fingerprint density at radius 2 is 1.62 bits per heavy atom. The summed E-state index contributed by atoms with van der Waals surface area (Å²) < 4.78 is 49.3. The van der Waals surface area contributed by atoms with E-state index in [9.17, 15) is 34.5 Å². The molecule has 3 aliphatic heterocycles. The van der Waals surface area contributed by atoms with Gasteiger partial charge in [0, 0.05) is 45.9 Å². The molecule has 0 radical (unpaired) electrons. The van der Waals surface area contributed by atoms with Crippen LogP contribution in [-0.2, 0) is 63.5 Å². The number of β-amino-alcohol motifs (C(OH)–C–C–N with tert-alkyl or cyclic N) is 1. The van der Waals surface area contributed by atoms with Crippen LogP contribution in [0.2, 0.25) is 0 Å². The first-order chi connectivity index (χ1) is 31.3. The number of esters is 3. The number of aliphatic hydroxyl groups excluding tert-OH is 2. The van der Waals surface area contributed by atoms with Crippen LogP contribution in [0.15, 0.2) is 30.3 Å². The molecule has 3 saturated heterocycles. The van der Waals surface area contributed by atoms with Crippen molar-refractivity contribution in [2.75, 3.05) is 40.8 Å². The molecule has 0 bridgehead atoms. The summed E-state index contributed by atoms with van der Waals surface area (Å²) in [7, 11) is 4.92. The lowest BCUT2D eigenvalue weighted by Gasteiger charge is -2.50. The van der Waals surface area contributed by atoms with E-state index in [1.54, 1.807) is 60.5 Å². The van der Waals surface area contributed by atoms with Crippen molar-refractivity contribution in [2.45, 2.75) is 198 Å². The van der Waals surface area contributed by atoms with E-state index in [-0.39, 0.29) is 44.4 Å². The molecule has 3 aliphatic rings. The van der Waals surface area contributed by atoms with Crippen LogP contribution in [0.3, 0.4) is 0 Å².